The van der Waals surface area contributed by atoms with Crippen molar-refractivity contribution in [1.29, 1.82) is 0 Å². The fraction of sp³-hybridized carbons (Fsp3) is 0.947. The van der Waals surface area contributed by atoms with Crippen molar-refractivity contribution >= 4 is 16.2 Å². The molecule has 28 heavy (non-hydrogen) atoms. The molecule has 0 aromatic rings. The van der Waals surface area contributed by atoms with Crippen LogP contribution in [-0.4, -0.2) is 100 Å². The molecule has 1 amide bonds. The summed E-state index contributed by atoms with van der Waals surface area (Å²) in [5.74, 6) is 0. The minimum absolute atomic E-state index is 0.105. The van der Waals surface area contributed by atoms with Crippen LogP contribution < -0.4 is 0 Å². The quantitative estimate of drug-likeness (QED) is 0.416. The van der Waals surface area contributed by atoms with E-state index in [1.807, 2.05) is 0 Å². The van der Waals surface area contributed by atoms with Crippen LogP contribution in [0.15, 0.2) is 0 Å². The standard InChI is InChI=1S/C19H35N3O5S/c1-28(24,25)26-16-18-15-22(19(23)27-18)10-6-5-9-20-11-13-21(14-12-20)17-7-3-2-4-8-17/h17-18H,2-16H2,1H3. The fourth-order valence-electron chi connectivity index (χ4n) is 4.48. The first-order chi connectivity index (χ1) is 13.4. The Morgan fingerprint density at radius 1 is 1.04 bits per heavy atom. The Balaban J connectivity index is 1.26. The molecule has 1 saturated carbocycles. The second kappa shape index (κ2) is 10.2. The molecule has 162 valence electrons. The maximum Gasteiger partial charge on any atom is 0.410 e. The zero-order valence-corrected chi connectivity index (χ0v) is 17.9. The predicted octanol–water partition coefficient (Wildman–Crippen LogP) is 1.51. The molecule has 2 aliphatic heterocycles. The van der Waals surface area contributed by atoms with Crippen molar-refractivity contribution in [2.24, 2.45) is 0 Å². The number of cyclic esters (lactones) is 1. The van der Waals surface area contributed by atoms with Crippen molar-refractivity contribution in [3.63, 3.8) is 0 Å². The van der Waals surface area contributed by atoms with Crippen LogP contribution in [0.25, 0.3) is 0 Å². The van der Waals surface area contributed by atoms with Gasteiger partial charge in [0, 0.05) is 38.8 Å². The summed E-state index contributed by atoms with van der Waals surface area (Å²) in [5.41, 5.74) is 0. The van der Waals surface area contributed by atoms with E-state index in [1.54, 1.807) is 4.90 Å². The highest BCUT2D eigenvalue weighted by atomic mass is 32.2. The Bertz CT molecular complexity index is 601. The van der Waals surface area contributed by atoms with Gasteiger partial charge in [0.15, 0.2) is 0 Å². The highest BCUT2D eigenvalue weighted by Crippen LogP contribution is 2.23. The monoisotopic (exact) mass is 417 g/mol. The molecule has 3 aliphatic rings. The first kappa shape index (κ1) is 21.8. The van der Waals surface area contributed by atoms with Gasteiger partial charge in [0.05, 0.1) is 12.8 Å². The molecule has 3 fully saturated rings. The first-order valence-corrected chi connectivity index (χ1v) is 12.5. The van der Waals surface area contributed by atoms with Gasteiger partial charge >= 0.3 is 6.09 Å². The molecule has 3 rings (SSSR count). The largest absolute Gasteiger partial charge is 0.442 e. The van der Waals surface area contributed by atoms with Gasteiger partial charge in [-0.15, -0.1) is 0 Å². The summed E-state index contributed by atoms with van der Waals surface area (Å²) in [7, 11) is -3.51. The van der Waals surface area contributed by atoms with Gasteiger partial charge in [-0.3, -0.25) is 9.08 Å². The van der Waals surface area contributed by atoms with Gasteiger partial charge in [-0.1, -0.05) is 19.3 Å². The third-order valence-corrected chi connectivity index (χ3v) is 6.63. The normalized spacial score (nSPS) is 26.0. The first-order valence-electron chi connectivity index (χ1n) is 10.7. The summed E-state index contributed by atoms with van der Waals surface area (Å²) in [6, 6.07) is 0.816. The highest BCUT2D eigenvalue weighted by molar-refractivity contribution is 7.85. The summed E-state index contributed by atoms with van der Waals surface area (Å²) >= 11 is 0. The molecular formula is C19H35N3O5S. The van der Waals surface area contributed by atoms with Crippen LogP contribution in [0.1, 0.15) is 44.9 Å². The Morgan fingerprint density at radius 2 is 1.71 bits per heavy atom. The SMILES string of the molecule is CS(=O)(=O)OCC1CN(CCCCN2CCN(C3CCCCC3)CC2)C(=O)O1. The topological polar surface area (TPSA) is 79.4 Å². The lowest BCUT2D eigenvalue weighted by Crippen LogP contribution is -2.50. The van der Waals surface area contributed by atoms with E-state index in [0.717, 1.165) is 44.8 Å². The van der Waals surface area contributed by atoms with Crippen LogP contribution in [0.3, 0.4) is 0 Å². The van der Waals surface area contributed by atoms with Gasteiger partial charge in [0.2, 0.25) is 0 Å². The van der Waals surface area contributed by atoms with Gasteiger partial charge in [-0.2, -0.15) is 8.42 Å². The van der Waals surface area contributed by atoms with E-state index < -0.39 is 16.2 Å². The maximum atomic E-state index is 11.9. The highest BCUT2D eigenvalue weighted by Gasteiger charge is 2.31. The fourth-order valence-corrected chi connectivity index (χ4v) is 4.88. The van der Waals surface area contributed by atoms with Gasteiger partial charge in [0.25, 0.3) is 10.1 Å². The van der Waals surface area contributed by atoms with Crippen LogP contribution >= 0.6 is 0 Å². The molecule has 1 unspecified atom stereocenters. The number of unbranched alkanes of at least 4 members (excludes halogenated alkanes) is 1. The van der Waals surface area contributed by atoms with Crippen LogP contribution in [0.4, 0.5) is 4.79 Å². The zero-order chi connectivity index (χ0) is 20.0. The third kappa shape index (κ3) is 6.86. The Kier molecular flexibility index (Phi) is 7.96. The lowest BCUT2D eigenvalue weighted by Gasteiger charge is -2.40. The van der Waals surface area contributed by atoms with Gasteiger partial charge in [-0.25, -0.2) is 4.79 Å². The number of carbonyl (C=O) groups excluding carboxylic acids is 1. The van der Waals surface area contributed by atoms with Crippen molar-refractivity contribution in [1.82, 2.24) is 14.7 Å². The summed E-state index contributed by atoms with van der Waals surface area (Å²) in [4.78, 5) is 18.7. The number of hydrogen-bond acceptors (Lipinski definition) is 7. The summed E-state index contributed by atoms with van der Waals surface area (Å²) in [6.07, 6.45) is 9.05. The average Bonchev–Trinajstić information content (AvgIpc) is 3.04. The Hall–Kier alpha value is -0.900. The Morgan fingerprint density at radius 3 is 2.39 bits per heavy atom. The third-order valence-electron chi connectivity index (χ3n) is 6.07. The van der Waals surface area contributed by atoms with Gasteiger partial charge < -0.3 is 14.5 Å². The lowest BCUT2D eigenvalue weighted by atomic mass is 9.94. The minimum atomic E-state index is -3.51. The van der Waals surface area contributed by atoms with Crippen LogP contribution in [0.5, 0.6) is 0 Å². The van der Waals surface area contributed by atoms with E-state index in [-0.39, 0.29) is 12.7 Å². The molecular weight excluding hydrogens is 382 g/mol. The van der Waals surface area contributed by atoms with Gasteiger partial charge in [-0.05, 0) is 32.2 Å². The molecule has 0 N–H and O–H groups in total. The molecule has 0 bridgehead atoms. The van der Waals surface area contributed by atoms with Crippen LogP contribution in [0, 0.1) is 0 Å². The van der Waals surface area contributed by atoms with Crippen molar-refractivity contribution in [3.05, 3.63) is 0 Å². The molecule has 1 aliphatic carbocycles. The second-order valence-electron chi connectivity index (χ2n) is 8.32. The lowest BCUT2D eigenvalue weighted by molar-refractivity contribution is 0.0779. The Labute approximate surface area is 169 Å². The molecule has 0 radical (unpaired) electrons. The molecule has 0 spiro atoms. The molecule has 0 aromatic carbocycles. The van der Waals surface area contributed by atoms with E-state index in [1.165, 1.54) is 45.2 Å². The summed E-state index contributed by atoms with van der Waals surface area (Å²) < 4.78 is 32.0. The summed E-state index contributed by atoms with van der Waals surface area (Å²) in [6.45, 7) is 6.68. The zero-order valence-electron chi connectivity index (χ0n) is 17.1. The van der Waals surface area contributed by atoms with E-state index in [0.29, 0.717) is 13.1 Å². The smallest absolute Gasteiger partial charge is 0.410 e. The molecule has 9 heteroatoms. The molecule has 2 saturated heterocycles. The van der Waals surface area contributed by atoms with Gasteiger partial charge in [0.1, 0.15) is 12.7 Å². The van der Waals surface area contributed by atoms with Crippen molar-refractivity contribution in [2.45, 2.75) is 57.1 Å². The number of ether oxygens (including phenoxy) is 1. The number of rotatable bonds is 9. The molecule has 1 atom stereocenters. The van der Waals surface area contributed by atoms with E-state index >= 15 is 0 Å². The number of piperazine rings is 1. The number of hydrogen-bond donors (Lipinski definition) is 0. The molecule has 2 heterocycles. The van der Waals surface area contributed by atoms with Crippen LogP contribution in [-0.2, 0) is 19.0 Å². The van der Waals surface area contributed by atoms with Crippen molar-refractivity contribution in [2.75, 3.05) is 58.7 Å². The molecule has 0 aromatic heterocycles. The van der Waals surface area contributed by atoms with Crippen molar-refractivity contribution in [3.8, 4) is 0 Å². The number of carbonyl (C=O) groups is 1. The van der Waals surface area contributed by atoms with E-state index in [9.17, 15) is 13.2 Å². The molecule has 8 nitrogen and oxygen atoms in total. The second-order valence-corrected chi connectivity index (χ2v) is 9.96. The maximum absolute atomic E-state index is 11.9. The minimum Gasteiger partial charge on any atom is -0.442 e. The average molecular weight is 418 g/mol. The van der Waals surface area contributed by atoms with E-state index in [2.05, 4.69) is 9.80 Å². The number of amides is 1. The van der Waals surface area contributed by atoms with Crippen LogP contribution in [0.2, 0.25) is 0 Å². The number of nitrogens with zero attached hydrogens (tertiary/aromatic N) is 3. The predicted molar refractivity (Wildman–Crippen MR) is 107 cm³/mol. The van der Waals surface area contributed by atoms with Crippen molar-refractivity contribution < 1.29 is 22.1 Å². The van der Waals surface area contributed by atoms with E-state index in [4.69, 9.17) is 8.92 Å². The summed E-state index contributed by atoms with van der Waals surface area (Å²) in [5, 5.41) is 0.